The Morgan fingerprint density at radius 2 is 0.490 bits per heavy atom. The van der Waals surface area contributed by atoms with E-state index in [1.165, 1.54) is 103 Å². The Morgan fingerprint density at radius 3 is 0.814 bits per heavy atom. The molecule has 0 saturated heterocycles. The van der Waals surface area contributed by atoms with Gasteiger partial charge in [-0.1, -0.05) is 273 Å². The molecule has 0 rings (SSSR count). The standard InChI is InChI=1S/C83H146O17P2/c1-5-9-13-17-21-25-29-33-37-38-42-44-48-52-56-60-64-68-81(86)94-74-79(100-83(88)70-66-62-58-54-50-46-41-36-32-28-24-20-16-12-8-4)76-98-102(91,92)96-72-77(84)71-95-101(89,90)97-75-78(99-82(87)69-65-61-57-53-49-45-40-35-31-27-23-19-15-11-7-3)73-93-80(85)67-63-59-55-51-47-43-39-34-30-26-22-18-14-10-6-2/h21-22,25-27,31,33-34,36-37,39,41-42,44,52,56,77-79,84H,5-20,23-24,28-30,32,35,38,40,43,45-51,53-55,57-76H2,1-4H3,(H,89,90)(H,91,92)/b25-21-,26-22-,31-27-,37-33-,39-34-,41-36-,44-42-,56-52-/t77-,78+,79+/m0/s1. The van der Waals surface area contributed by atoms with Crippen molar-refractivity contribution in [1.29, 1.82) is 0 Å². The van der Waals surface area contributed by atoms with Gasteiger partial charge in [-0.2, -0.15) is 0 Å². The summed E-state index contributed by atoms with van der Waals surface area (Å²) in [4.78, 5) is 73.0. The van der Waals surface area contributed by atoms with Gasteiger partial charge < -0.3 is 33.8 Å². The lowest BCUT2D eigenvalue weighted by Gasteiger charge is -2.21. The lowest BCUT2D eigenvalue weighted by atomic mass is 10.1. The molecule has 0 heterocycles. The molecule has 3 N–H and O–H groups in total. The SMILES string of the molecule is CCCCC/C=C\C/C=C\C/C=C\C/C=C\CCCC(=O)OC[C@H](COP(=O)(O)OC[C@@H](O)COP(=O)(O)OC[C@@H](COC(=O)CCCCCCC/C=C\C/C=C\CCCCC)OC(=O)CCCCCCCCC/C=C\CCCCCC)OC(=O)CCCCCCC/C=C\CCCCCCCC. The monoisotopic (exact) mass is 1480 g/mol. The van der Waals surface area contributed by atoms with Gasteiger partial charge in [-0.3, -0.25) is 37.3 Å². The van der Waals surface area contributed by atoms with Crippen LogP contribution in [0.4, 0.5) is 0 Å². The first-order valence-electron chi connectivity index (χ1n) is 40.5. The smallest absolute Gasteiger partial charge is 0.462 e. The van der Waals surface area contributed by atoms with Crippen LogP contribution < -0.4 is 0 Å². The summed E-state index contributed by atoms with van der Waals surface area (Å²) >= 11 is 0. The predicted molar refractivity (Wildman–Crippen MR) is 418 cm³/mol. The van der Waals surface area contributed by atoms with Gasteiger partial charge in [0.25, 0.3) is 0 Å². The van der Waals surface area contributed by atoms with E-state index < -0.39 is 97.5 Å². The van der Waals surface area contributed by atoms with Gasteiger partial charge in [0, 0.05) is 25.7 Å². The first-order valence-corrected chi connectivity index (χ1v) is 43.5. The van der Waals surface area contributed by atoms with Crippen LogP contribution in [0.25, 0.3) is 0 Å². The Labute approximate surface area is 620 Å². The third-order valence-corrected chi connectivity index (χ3v) is 18.9. The molecule has 2 unspecified atom stereocenters. The van der Waals surface area contributed by atoms with Crippen molar-refractivity contribution < 1.29 is 80.2 Å². The molecule has 590 valence electrons. The average Bonchev–Trinajstić information content (AvgIpc) is 0.923. The summed E-state index contributed by atoms with van der Waals surface area (Å²) < 4.78 is 68.6. The fourth-order valence-electron chi connectivity index (χ4n) is 10.8. The van der Waals surface area contributed by atoms with E-state index in [0.717, 1.165) is 161 Å². The van der Waals surface area contributed by atoms with Crippen molar-refractivity contribution in [1.82, 2.24) is 0 Å². The molecule has 0 aromatic heterocycles. The third kappa shape index (κ3) is 74.3. The normalized spacial score (nSPS) is 14.4. The lowest BCUT2D eigenvalue weighted by Crippen LogP contribution is -2.30. The zero-order valence-corrected chi connectivity index (χ0v) is 66.3. The molecule has 0 radical (unpaired) electrons. The van der Waals surface area contributed by atoms with Crippen molar-refractivity contribution in [2.45, 2.75) is 367 Å². The summed E-state index contributed by atoms with van der Waals surface area (Å²) in [6, 6.07) is 0. The van der Waals surface area contributed by atoms with Crippen LogP contribution in [-0.2, 0) is 65.4 Å². The van der Waals surface area contributed by atoms with Crippen LogP contribution >= 0.6 is 15.6 Å². The Hall–Kier alpha value is -4.02. The van der Waals surface area contributed by atoms with Crippen LogP contribution in [0.3, 0.4) is 0 Å². The number of rotatable bonds is 76. The van der Waals surface area contributed by atoms with E-state index in [2.05, 4.69) is 113 Å². The van der Waals surface area contributed by atoms with Gasteiger partial charge in [-0.05, 0) is 148 Å². The number of phosphoric acid groups is 2. The highest BCUT2D eigenvalue weighted by molar-refractivity contribution is 7.47. The Bertz CT molecular complexity index is 2310. The van der Waals surface area contributed by atoms with E-state index in [0.29, 0.717) is 32.1 Å². The largest absolute Gasteiger partial charge is 0.472 e. The minimum atomic E-state index is -4.99. The molecule has 0 aliphatic rings. The Morgan fingerprint density at radius 1 is 0.275 bits per heavy atom. The molecule has 17 nitrogen and oxygen atoms in total. The number of esters is 4. The van der Waals surface area contributed by atoms with Crippen LogP contribution in [0, 0.1) is 0 Å². The third-order valence-electron chi connectivity index (χ3n) is 17.0. The van der Waals surface area contributed by atoms with Crippen molar-refractivity contribution >= 4 is 39.5 Å². The number of carbonyl (C=O) groups is 4. The molecule has 0 spiro atoms. The molecule has 0 aromatic carbocycles. The van der Waals surface area contributed by atoms with Gasteiger partial charge in [0.2, 0.25) is 0 Å². The van der Waals surface area contributed by atoms with Crippen molar-refractivity contribution in [3.8, 4) is 0 Å². The van der Waals surface area contributed by atoms with Gasteiger partial charge in [0.05, 0.1) is 26.4 Å². The van der Waals surface area contributed by atoms with E-state index in [-0.39, 0.29) is 25.7 Å². The zero-order chi connectivity index (χ0) is 74.6. The fraction of sp³-hybridized carbons (Fsp3) is 0.759. The van der Waals surface area contributed by atoms with Crippen LogP contribution in [-0.4, -0.2) is 96.7 Å². The minimum Gasteiger partial charge on any atom is -0.462 e. The summed E-state index contributed by atoms with van der Waals surface area (Å²) in [5.41, 5.74) is 0. The molecular formula is C83H146O17P2. The first kappa shape index (κ1) is 98.0. The minimum absolute atomic E-state index is 0.0738. The molecule has 0 fully saturated rings. The second-order valence-electron chi connectivity index (χ2n) is 27.0. The zero-order valence-electron chi connectivity index (χ0n) is 64.5. The van der Waals surface area contributed by atoms with Crippen LogP contribution in [0.15, 0.2) is 97.2 Å². The molecule has 5 atom stereocenters. The molecule has 0 amide bonds. The summed E-state index contributed by atoms with van der Waals surface area (Å²) in [5, 5.41) is 10.6. The highest BCUT2D eigenvalue weighted by Crippen LogP contribution is 2.45. The number of hydrogen-bond acceptors (Lipinski definition) is 15. The number of unbranched alkanes of at least 4 members (excludes halogenated alkanes) is 34. The van der Waals surface area contributed by atoms with Crippen molar-refractivity contribution in [2.75, 3.05) is 39.6 Å². The maximum atomic E-state index is 13.1. The van der Waals surface area contributed by atoms with Gasteiger partial charge >= 0.3 is 39.5 Å². The summed E-state index contributed by atoms with van der Waals surface area (Å²) in [5.74, 6) is -2.25. The predicted octanol–water partition coefficient (Wildman–Crippen LogP) is 23.6. The van der Waals surface area contributed by atoms with E-state index in [9.17, 15) is 43.2 Å². The number of ether oxygens (including phenoxy) is 4. The maximum Gasteiger partial charge on any atom is 0.472 e. The number of hydrogen-bond donors (Lipinski definition) is 3. The Balaban J connectivity index is 5.41. The van der Waals surface area contributed by atoms with Crippen molar-refractivity contribution in [2.24, 2.45) is 0 Å². The van der Waals surface area contributed by atoms with Gasteiger partial charge in [0.15, 0.2) is 12.2 Å². The van der Waals surface area contributed by atoms with Crippen LogP contribution in [0.2, 0.25) is 0 Å². The van der Waals surface area contributed by atoms with Gasteiger partial charge in [0.1, 0.15) is 19.3 Å². The van der Waals surface area contributed by atoms with E-state index in [4.69, 9.17) is 37.0 Å². The van der Waals surface area contributed by atoms with Crippen molar-refractivity contribution in [3.63, 3.8) is 0 Å². The quantitative estimate of drug-likeness (QED) is 0.0169. The van der Waals surface area contributed by atoms with E-state index >= 15 is 0 Å². The molecular weight excluding hydrogens is 1330 g/mol. The topological polar surface area (TPSA) is 237 Å². The van der Waals surface area contributed by atoms with E-state index in [1.807, 2.05) is 12.2 Å². The Kier molecular flexibility index (Phi) is 72.3. The summed E-state index contributed by atoms with van der Waals surface area (Å²) in [6.45, 7) is 4.75. The number of aliphatic hydroxyl groups is 1. The molecule has 102 heavy (non-hydrogen) atoms. The van der Waals surface area contributed by atoms with Crippen molar-refractivity contribution in [3.05, 3.63) is 97.2 Å². The molecule has 19 heteroatoms. The average molecular weight is 1480 g/mol. The molecule has 0 aliphatic carbocycles. The maximum absolute atomic E-state index is 13.1. The number of phosphoric ester groups is 2. The highest BCUT2D eigenvalue weighted by atomic mass is 31.2. The molecule has 0 saturated carbocycles. The molecule has 0 bridgehead atoms. The van der Waals surface area contributed by atoms with E-state index in [1.54, 1.807) is 0 Å². The van der Waals surface area contributed by atoms with Gasteiger partial charge in [-0.25, -0.2) is 9.13 Å². The number of carbonyl (C=O) groups excluding carboxylic acids is 4. The second kappa shape index (κ2) is 75.2. The number of allylic oxidation sites excluding steroid dienone is 16. The number of aliphatic hydroxyl groups excluding tert-OH is 1. The van der Waals surface area contributed by atoms with Crippen LogP contribution in [0.5, 0.6) is 0 Å². The second-order valence-corrected chi connectivity index (χ2v) is 29.9. The fourth-order valence-corrected chi connectivity index (χ4v) is 12.3. The van der Waals surface area contributed by atoms with Crippen LogP contribution in [0.1, 0.15) is 349 Å². The molecule has 0 aliphatic heterocycles. The molecule has 0 aromatic rings. The first-order chi connectivity index (χ1) is 49.7. The lowest BCUT2D eigenvalue weighted by molar-refractivity contribution is -0.161. The summed E-state index contributed by atoms with van der Waals surface area (Å²) in [6.07, 6.45) is 79.5. The highest BCUT2D eigenvalue weighted by Gasteiger charge is 2.30. The van der Waals surface area contributed by atoms with Gasteiger partial charge in [-0.15, -0.1) is 0 Å². The summed E-state index contributed by atoms with van der Waals surface area (Å²) in [7, 11) is -9.97.